The van der Waals surface area contributed by atoms with Gasteiger partial charge in [-0.3, -0.25) is 4.99 Å². The van der Waals surface area contributed by atoms with E-state index in [1.807, 2.05) is 6.20 Å². The number of unbranched alkanes of at least 4 members (excludes halogenated alkanes) is 1. The van der Waals surface area contributed by atoms with Gasteiger partial charge in [-0.2, -0.15) is 0 Å². The zero-order valence-corrected chi connectivity index (χ0v) is 17.7. The maximum absolute atomic E-state index is 5.53. The average molecular weight is 454 g/mol. The van der Waals surface area contributed by atoms with E-state index in [4.69, 9.17) is 4.74 Å². The number of aryl methyl sites for hydroxylation is 1. The first kappa shape index (κ1) is 22.6. The van der Waals surface area contributed by atoms with Crippen molar-refractivity contribution in [2.45, 2.75) is 46.0 Å². The minimum atomic E-state index is 0. The lowest BCUT2D eigenvalue weighted by Gasteiger charge is -2.11. The summed E-state index contributed by atoms with van der Waals surface area (Å²) in [4.78, 5) is 9.99. The highest BCUT2D eigenvalue weighted by atomic mass is 127. The second-order valence-corrected chi connectivity index (χ2v) is 6.27. The third kappa shape index (κ3) is 10.9. The Morgan fingerprint density at radius 3 is 2.61 bits per heavy atom. The summed E-state index contributed by atoms with van der Waals surface area (Å²) in [6.07, 6.45) is 7.31. The van der Waals surface area contributed by atoms with Gasteiger partial charge in [-0.15, -0.1) is 35.3 Å². The molecule has 1 aromatic rings. The van der Waals surface area contributed by atoms with Crippen LogP contribution in [0.5, 0.6) is 0 Å². The smallest absolute Gasteiger partial charge is 0.190 e. The second kappa shape index (κ2) is 15.1. The number of hydrogen-bond acceptors (Lipinski definition) is 4. The molecular formula is C16H31IN4OS. The third-order valence-electron chi connectivity index (χ3n) is 3.20. The third-order valence-corrected chi connectivity index (χ3v) is 4.41. The van der Waals surface area contributed by atoms with Crippen LogP contribution in [0.2, 0.25) is 0 Å². The largest absolute Gasteiger partial charge is 0.381 e. The van der Waals surface area contributed by atoms with E-state index in [1.54, 1.807) is 18.4 Å². The summed E-state index contributed by atoms with van der Waals surface area (Å²) in [5, 5.41) is 7.81. The summed E-state index contributed by atoms with van der Waals surface area (Å²) in [5.74, 6) is 0.848. The zero-order chi connectivity index (χ0) is 16.0. The molecule has 7 heteroatoms. The fourth-order valence-electron chi connectivity index (χ4n) is 1.86. The molecule has 0 fully saturated rings. The molecule has 1 rings (SSSR count). The highest BCUT2D eigenvalue weighted by molar-refractivity contribution is 14.0. The minimum Gasteiger partial charge on any atom is -0.381 e. The van der Waals surface area contributed by atoms with Crippen molar-refractivity contribution >= 4 is 41.3 Å². The highest BCUT2D eigenvalue weighted by Crippen LogP contribution is 2.13. The van der Waals surface area contributed by atoms with E-state index in [1.165, 1.54) is 16.3 Å². The molecule has 0 aliphatic rings. The van der Waals surface area contributed by atoms with Crippen LogP contribution >= 0.6 is 35.3 Å². The predicted octanol–water partition coefficient (Wildman–Crippen LogP) is 3.24. The first-order valence-corrected chi connectivity index (χ1v) is 9.07. The van der Waals surface area contributed by atoms with Crippen LogP contribution in [0, 0.1) is 0 Å². The van der Waals surface area contributed by atoms with Crippen molar-refractivity contribution in [3.63, 3.8) is 0 Å². The molecule has 0 saturated heterocycles. The lowest BCUT2D eigenvalue weighted by molar-refractivity contribution is 0.129. The van der Waals surface area contributed by atoms with Crippen molar-refractivity contribution in [1.82, 2.24) is 15.6 Å². The van der Waals surface area contributed by atoms with Gasteiger partial charge in [-0.1, -0.05) is 20.3 Å². The standard InChI is InChI=1S/C16H30N4OS.HI/c1-4-6-11-21-12-7-9-18-16(17-3)19-10-8-15-20-13-14(5-2)22-15;/h13H,4-12H2,1-3H3,(H2,17,18,19);1H. The molecule has 0 amide bonds. The van der Waals surface area contributed by atoms with E-state index in [0.717, 1.165) is 57.9 Å². The Kier molecular flexibility index (Phi) is 14.9. The molecule has 0 atom stereocenters. The molecule has 0 unspecified atom stereocenters. The van der Waals surface area contributed by atoms with Crippen molar-refractivity contribution in [3.8, 4) is 0 Å². The molecule has 5 nitrogen and oxygen atoms in total. The monoisotopic (exact) mass is 454 g/mol. The number of aromatic nitrogens is 1. The van der Waals surface area contributed by atoms with E-state index in [2.05, 4.69) is 34.5 Å². The fourth-order valence-corrected chi connectivity index (χ4v) is 2.73. The van der Waals surface area contributed by atoms with Crippen LogP contribution in [0.15, 0.2) is 11.2 Å². The van der Waals surface area contributed by atoms with Crippen LogP contribution < -0.4 is 10.6 Å². The number of aliphatic imine (C=N–C) groups is 1. The second-order valence-electron chi connectivity index (χ2n) is 5.07. The van der Waals surface area contributed by atoms with E-state index in [0.29, 0.717) is 0 Å². The molecule has 0 radical (unpaired) electrons. The maximum atomic E-state index is 5.53. The van der Waals surface area contributed by atoms with Gasteiger partial charge in [0.25, 0.3) is 0 Å². The number of ether oxygens (including phenoxy) is 1. The average Bonchev–Trinajstić information content (AvgIpc) is 3.00. The number of thiazole rings is 1. The molecule has 0 bridgehead atoms. The molecule has 23 heavy (non-hydrogen) atoms. The molecule has 0 spiro atoms. The normalized spacial score (nSPS) is 11.2. The predicted molar refractivity (Wildman–Crippen MR) is 110 cm³/mol. The van der Waals surface area contributed by atoms with Crippen molar-refractivity contribution in [1.29, 1.82) is 0 Å². The Labute approximate surface area is 161 Å². The fraction of sp³-hybridized carbons (Fsp3) is 0.750. The van der Waals surface area contributed by atoms with Crippen LogP contribution in [0.1, 0.15) is 43.0 Å². The highest BCUT2D eigenvalue weighted by Gasteiger charge is 2.01. The van der Waals surface area contributed by atoms with E-state index >= 15 is 0 Å². The van der Waals surface area contributed by atoms with Gasteiger partial charge in [0, 0.05) is 50.8 Å². The molecule has 0 saturated carbocycles. The molecule has 0 aromatic carbocycles. The van der Waals surface area contributed by atoms with Crippen molar-refractivity contribution in [2.75, 3.05) is 33.4 Å². The quantitative estimate of drug-likeness (QED) is 0.233. The topological polar surface area (TPSA) is 58.5 Å². The van der Waals surface area contributed by atoms with Crippen LogP contribution in [0.25, 0.3) is 0 Å². The first-order chi connectivity index (χ1) is 10.8. The lowest BCUT2D eigenvalue weighted by atomic mass is 10.4. The van der Waals surface area contributed by atoms with Gasteiger partial charge in [-0.05, 0) is 19.3 Å². The van der Waals surface area contributed by atoms with Crippen LogP contribution in [0.4, 0.5) is 0 Å². The summed E-state index contributed by atoms with van der Waals surface area (Å²) in [5.41, 5.74) is 0. The Hall–Kier alpha value is -0.410. The van der Waals surface area contributed by atoms with Gasteiger partial charge < -0.3 is 15.4 Å². The number of guanidine groups is 1. The number of hydrogen-bond donors (Lipinski definition) is 2. The summed E-state index contributed by atoms with van der Waals surface area (Å²) in [6, 6.07) is 0. The number of rotatable bonds is 11. The van der Waals surface area contributed by atoms with Gasteiger partial charge in [0.2, 0.25) is 0 Å². The Balaban J connectivity index is 0.00000484. The van der Waals surface area contributed by atoms with Crippen LogP contribution in [-0.4, -0.2) is 44.3 Å². The summed E-state index contributed by atoms with van der Waals surface area (Å²) < 4.78 is 5.53. The Morgan fingerprint density at radius 2 is 1.96 bits per heavy atom. The van der Waals surface area contributed by atoms with E-state index in [9.17, 15) is 0 Å². The van der Waals surface area contributed by atoms with Gasteiger partial charge in [0.1, 0.15) is 0 Å². The summed E-state index contributed by atoms with van der Waals surface area (Å²) >= 11 is 1.80. The van der Waals surface area contributed by atoms with Crippen molar-refractivity contribution < 1.29 is 4.74 Å². The molecule has 2 N–H and O–H groups in total. The molecule has 0 aliphatic carbocycles. The number of nitrogens with zero attached hydrogens (tertiary/aromatic N) is 2. The molecule has 1 heterocycles. The van der Waals surface area contributed by atoms with Gasteiger partial charge in [-0.25, -0.2) is 4.98 Å². The summed E-state index contributed by atoms with van der Waals surface area (Å²) in [6.45, 7) is 7.74. The first-order valence-electron chi connectivity index (χ1n) is 8.26. The molecule has 0 aliphatic heterocycles. The molecule has 1 aromatic heterocycles. The van der Waals surface area contributed by atoms with Crippen molar-refractivity contribution in [3.05, 3.63) is 16.1 Å². The lowest BCUT2D eigenvalue weighted by Crippen LogP contribution is -2.39. The van der Waals surface area contributed by atoms with E-state index < -0.39 is 0 Å². The van der Waals surface area contributed by atoms with E-state index in [-0.39, 0.29) is 24.0 Å². The zero-order valence-electron chi connectivity index (χ0n) is 14.6. The molecular weight excluding hydrogens is 423 g/mol. The van der Waals surface area contributed by atoms with Crippen molar-refractivity contribution in [2.24, 2.45) is 4.99 Å². The Morgan fingerprint density at radius 1 is 1.22 bits per heavy atom. The number of nitrogens with one attached hydrogen (secondary N) is 2. The summed E-state index contributed by atoms with van der Waals surface area (Å²) in [7, 11) is 1.80. The van der Waals surface area contributed by atoms with Gasteiger partial charge >= 0.3 is 0 Å². The SMILES string of the molecule is CCCCOCCCNC(=NC)NCCc1ncc(CC)s1.I. The van der Waals surface area contributed by atoms with Crippen LogP contribution in [-0.2, 0) is 17.6 Å². The van der Waals surface area contributed by atoms with Gasteiger partial charge in [0.05, 0.1) is 5.01 Å². The van der Waals surface area contributed by atoms with Gasteiger partial charge in [0.15, 0.2) is 5.96 Å². The minimum absolute atomic E-state index is 0. The van der Waals surface area contributed by atoms with Crippen LogP contribution in [0.3, 0.4) is 0 Å². The molecule has 134 valence electrons. The Bertz CT molecular complexity index is 426. The number of halogens is 1. The maximum Gasteiger partial charge on any atom is 0.190 e.